The summed E-state index contributed by atoms with van der Waals surface area (Å²) in [7, 11) is 0. The van der Waals surface area contributed by atoms with Crippen molar-refractivity contribution in [3.63, 3.8) is 0 Å². The van der Waals surface area contributed by atoms with E-state index in [1.54, 1.807) is 0 Å². The quantitative estimate of drug-likeness (QED) is 0.0603. The summed E-state index contributed by atoms with van der Waals surface area (Å²) in [5.41, 5.74) is 8.26. The van der Waals surface area contributed by atoms with Gasteiger partial charge in [-0.3, -0.25) is 0 Å². The summed E-state index contributed by atoms with van der Waals surface area (Å²) < 4.78 is 31.5. The Kier molecular flexibility index (Phi) is 10.1. The highest BCUT2D eigenvalue weighted by atomic mass is 16.8. The van der Waals surface area contributed by atoms with Crippen LogP contribution in [0.2, 0.25) is 0 Å². The Hall–Kier alpha value is -1.74. The Morgan fingerprint density at radius 3 is 2.19 bits per heavy atom. The maximum Gasteiger partial charge on any atom is 0.335 e. The standard InChI is InChI=1S/C18H29N3O15/c19-21-20-1-2-31-16-10(26)8(24)6(4-33-16)34-18-12(28)13(11(27)14(36-18)15(29)30)35-17-9(25)7(23)5(22)3-32-17/h5-14,16-18,22-28H,1-4H2,(H,29,30)/t5-,6-,7?,8?,9?,10?,11+,12?,13?,14?,16-,17-,18-/m1/s1. The summed E-state index contributed by atoms with van der Waals surface area (Å²) in [4.78, 5) is 14.2. The molecule has 3 aliphatic rings. The van der Waals surface area contributed by atoms with Crippen LogP contribution in [0.4, 0.5) is 0 Å². The molecule has 0 saturated carbocycles. The molecule has 36 heavy (non-hydrogen) atoms. The topological polar surface area (TPSA) is 283 Å². The zero-order valence-electron chi connectivity index (χ0n) is 18.6. The summed E-state index contributed by atoms with van der Waals surface area (Å²) in [5.74, 6) is -1.66. The van der Waals surface area contributed by atoms with E-state index in [9.17, 15) is 45.6 Å². The summed E-state index contributed by atoms with van der Waals surface area (Å²) in [6, 6.07) is 0. The molecule has 3 fully saturated rings. The van der Waals surface area contributed by atoms with Gasteiger partial charge in [-0.1, -0.05) is 5.11 Å². The first-order valence-corrected chi connectivity index (χ1v) is 10.9. The fourth-order valence-electron chi connectivity index (χ4n) is 3.83. The average molecular weight is 527 g/mol. The van der Waals surface area contributed by atoms with Gasteiger partial charge in [0.15, 0.2) is 25.0 Å². The van der Waals surface area contributed by atoms with E-state index in [-0.39, 0.29) is 13.2 Å². The molecule has 0 aromatic carbocycles. The number of ether oxygens (including phenoxy) is 6. The molecule has 0 aliphatic carbocycles. The van der Waals surface area contributed by atoms with Gasteiger partial charge in [-0.15, -0.1) is 0 Å². The summed E-state index contributed by atoms with van der Waals surface area (Å²) >= 11 is 0. The molecular weight excluding hydrogens is 498 g/mol. The van der Waals surface area contributed by atoms with Crippen LogP contribution in [0.3, 0.4) is 0 Å². The molecule has 3 heterocycles. The third-order valence-corrected chi connectivity index (χ3v) is 5.81. The third kappa shape index (κ3) is 6.39. The highest BCUT2D eigenvalue weighted by Gasteiger charge is 2.53. The van der Waals surface area contributed by atoms with Crippen LogP contribution in [0.15, 0.2) is 5.11 Å². The van der Waals surface area contributed by atoms with Crippen LogP contribution in [-0.2, 0) is 33.2 Å². The molecule has 206 valence electrons. The zero-order valence-corrected chi connectivity index (χ0v) is 18.6. The van der Waals surface area contributed by atoms with Gasteiger partial charge in [0.2, 0.25) is 0 Å². The second-order valence-electron chi connectivity index (χ2n) is 8.28. The Labute approximate surface area is 202 Å². The summed E-state index contributed by atoms with van der Waals surface area (Å²) in [6.45, 7) is -1.04. The number of aliphatic hydroxyl groups excluding tert-OH is 7. The number of aliphatic hydroxyl groups is 7. The molecule has 0 amide bonds. The number of hydrogen-bond acceptors (Lipinski definition) is 15. The lowest BCUT2D eigenvalue weighted by Crippen LogP contribution is -2.65. The molecule has 7 unspecified atom stereocenters. The minimum absolute atomic E-state index is 0.0586. The molecule has 0 aromatic heterocycles. The van der Waals surface area contributed by atoms with Crippen molar-refractivity contribution in [3.8, 4) is 0 Å². The Morgan fingerprint density at radius 1 is 0.861 bits per heavy atom. The van der Waals surface area contributed by atoms with Gasteiger partial charge in [-0.2, -0.15) is 0 Å². The van der Waals surface area contributed by atoms with Crippen molar-refractivity contribution in [1.29, 1.82) is 0 Å². The molecule has 18 nitrogen and oxygen atoms in total. The molecule has 0 spiro atoms. The fraction of sp³-hybridized carbons (Fsp3) is 0.944. The summed E-state index contributed by atoms with van der Waals surface area (Å²) in [5, 5.41) is 83.9. The molecule has 0 radical (unpaired) electrons. The largest absolute Gasteiger partial charge is 0.479 e. The minimum Gasteiger partial charge on any atom is -0.479 e. The molecule has 3 aliphatic heterocycles. The van der Waals surface area contributed by atoms with Gasteiger partial charge >= 0.3 is 5.97 Å². The average Bonchev–Trinajstić information content (AvgIpc) is 2.84. The third-order valence-electron chi connectivity index (χ3n) is 5.81. The summed E-state index contributed by atoms with van der Waals surface area (Å²) in [6.07, 6.45) is -22.1. The Morgan fingerprint density at radius 2 is 1.53 bits per heavy atom. The highest BCUT2D eigenvalue weighted by molar-refractivity contribution is 5.73. The van der Waals surface area contributed by atoms with Crippen LogP contribution in [0.1, 0.15) is 0 Å². The van der Waals surface area contributed by atoms with Crippen molar-refractivity contribution < 1.29 is 74.1 Å². The van der Waals surface area contributed by atoms with E-state index in [4.69, 9.17) is 34.0 Å². The molecule has 13 atom stereocenters. The monoisotopic (exact) mass is 527 g/mol. The van der Waals surface area contributed by atoms with E-state index in [1.807, 2.05) is 0 Å². The molecule has 18 heteroatoms. The smallest absolute Gasteiger partial charge is 0.335 e. The number of carboxylic acid groups (broad SMARTS) is 1. The Balaban J connectivity index is 1.67. The molecule has 0 aromatic rings. The number of hydrogen-bond donors (Lipinski definition) is 8. The zero-order chi connectivity index (χ0) is 26.6. The van der Waals surface area contributed by atoms with Crippen LogP contribution in [0, 0.1) is 0 Å². The second-order valence-corrected chi connectivity index (χ2v) is 8.28. The lowest BCUT2D eigenvalue weighted by atomic mass is 9.97. The second kappa shape index (κ2) is 12.7. The van der Waals surface area contributed by atoms with Crippen molar-refractivity contribution >= 4 is 5.97 Å². The first-order chi connectivity index (χ1) is 17.1. The predicted molar refractivity (Wildman–Crippen MR) is 108 cm³/mol. The molecular formula is C18H29N3O15. The van der Waals surface area contributed by atoms with Gasteiger partial charge < -0.3 is 69.3 Å². The lowest BCUT2D eigenvalue weighted by Gasteiger charge is -2.45. The normalized spacial score (nSPS) is 45.6. The van der Waals surface area contributed by atoms with Gasteiger partial charge in [0.25, 0.3) is 0 Å². The van der Waals surface area contributed by atoms with Crippen molar-refractivity contribution in [3.05, 3.63) is 10.4 Å². The van der Waals surface area contributed by atoms with Crippen LogP contribution in [0.25, 0.3) is 10.4 Å². The van der Waals surface area contributed by atoms with Gasteiger partial charge in [0, 0.05) is 11.5 Å². The maximum atomic E-state index is 11.6. The lowest BCUT2D eigenvalue weighted by molar-refractivity contribution is -0.362. The van der Waals surface area contributed by atoms with Crippen LogP contribution < -0.4 is 0 Å². The van der Waals surface area contributed by atoms with Gasteiger partial charge in [0.1, 0.15) is 54.9 Å². The molecule has 3 rings (SSSR count). The first kappa shape index (κ1) is 28.8. The maximum absolute atomic E-state index is 11.6. The van der Waals surface area contributed by atoms with Crippen molar-refractivity contribution in [1.82, 2.24) is 0 Å². The van der Waals surface area contributed by atoms with E-state index >= 15 is 0 Å². The number of nitrogens with zero attached hydrogens (tertiary/aromatic N) is 3. The number of rotatable bonds is 9. The molecule has 0 bridgehead atoms. The van der Waals surface area contributed by atoms with Gasteiger partial charge in [-0.05, 0) is 5.53 Å². The molecule has 3 saturated heterocycles. The number of aliphatic carboxylic acids is 1. The van der Waals surface area contributed by atoms with E-state index in [0.717, 1.165) is 0 Å². The minimum atomic E-state index is -2.00. The Bertz CT molecular complexity index is 787. The van der Waals surface area contributed by atoms with Crippen LogP contribution >= 0.6 is 0 Å². The number of carbonyl (C=O) groups is 1. The van der Waals surface area contributed by atoms with Gasteiger partial charge in [-0.25, -0.2) is 4.79 Å². The van der Waals surface area contributed by atoms with E-state index in [2.05, 4.69) is 10.0 Å². The fourth-order valence-corrected chi connectivity index (χ4v) is 3.83. The van der Waals surface area contributed by atoms with Crippen LogP contribution in [-0.4, -0.2) is 153 Å². The van der Waals surface area contributed by atoms with Crippen LogP contribution in [0.5, 0.6) is 0 Å². The highest BCUT2D eigenvalue weighted by Crippen LogP contribution is 2.30. The van der Waals surface area contributed by atoms with Gasteiger partial charge in [0.05, 0.1) is 19.8 Å². The predicted octanol–water partition coefficient (Wildman–Crippen LogP) is -4.87. The van der Waals surface area contributed by atoms with E-state index < -0.39 is 99.1 Å². The van der Waals surface area contributed by atoms with Crippen molar-refractivity contribution in [2.45, 2.75) is 79.9 Å². The van der Waals surface area contributed by atoms with E-state index in [0.29, 0.717) is 0 Å². The molecule has 8 N–H and O–H groups in total. The van der Waals surface area contributed by atoms with E-state index in [1.165, 1.54) is 0 Å². The first-order valence-electron chi connectivity index (χ1n) is 10.9. The van der Waals surface area contributed by atoms with Crippen molar-refractivity contribution in [2.24, 2.45) is 5.11 Å². The number of azide groups is 1. The van der Waals surface area contributed by atoms with Crippen molar-refractivity contribution in [2.75, 3.05) is 26.4 Å². The SMILES string of the molecule is [N-]=[N+]=NCCO[C@@H]1OC[C@@H](O[C@@H]2OC(C(=O)O)[C@@H](O)C(O[C@H]3OC[C@@H](O)C(O)C3O)C2O)C(O)C1O. The number of carboxylic acids is 1.